The first kappa shape index (κ1) is 12.8. The average molecular weight is 210 g/mol. The van der Waals surface area contributed by atoms with Gasteiger partial charge in [-0.2, -0.15) is 17.0 Å². The van der Waals surface area contributed by atoms with Crippen molar-refractivity contribution < 1.29 is 13.5 Å². The van der Waals surface area contributed by atoms with E-state index in [2.05, 4.69) is 0 Å². The van der Waals surface area contributed by atoms with Crippen molar-refractivity contribution >= 4 is 10.2 Å². The highest BCUT2D eigenvalue weighted by atomic mass is 32.2. The Morgan fingerprint density at radius 3 is 2.08 bits per heavy atom. The molecular formula is C7H18N2O3S. The van der Waals surface area contributed by atoms with E-state index in [-0.39, 0.29) is 0 Å². The molecule has 0 saturated heterocycles. The lowest BCUT2D eigenvalue weighted by atomic mass is 10.3. The van der Waals surface area contributed by atoms with Crippen molar-refractivity contribution in [1.82, 2.24) is 8.61 Å². The first-order chi connectivity index (χ1) is 5.78. The Balaban J connectivity index is 4.19. The summed E-state index contributed by atoms with van der Waals surface area (Å²) in [6.45, 7) is 1.97. The predicted octanol–water partition coefficient (Wildman–Crippen LogP) is -0.504. The minimum Gasteiger partial charge on any atom is -0.393 e. The van der Waals surface area contributed by atoms with Crippen LogP contribution in [0.2, 0.25) is 0 Å². The quantitative estimate of drug-likeness (QED) is 0.665. The van der Waals surface area contributed by atoms with Crippen molar-refractivity contribution in [1.29, 1.82) is 0 Å². The van der Waals surface area contributed by atoms with Crippen LogP contribution < -0.4 is 0 Å². The highest BCUT2D eigenvalue weighted by Crippen LogP contribution is 2.03. The van der Waals surface area contributed by atoms with E-state index in [0.717, 1.165) is 4.31 Å². The summed E-state index contributed by atoms with van der Waals surface area (Å²) in [4.78, 5) is 0. The van der Waals surface area contributed by atoms with Crippen LogP contribution in [-0.2, 0) is 10.2 Å². The summed E-state index contributed by atoms with van der Waals surface area (Å²) < 4.78 is 25.2. The number of aliphatic hydroxyl groups is 1. The van der Waals surface area contributed by atoms with Crippen molar-refractivity contribution in [2.75, 3.05) is 27.7 Å². The maximum atomic E-state index is 11.4. The molecule has 1 N–H and O–H groups in total. The fourth-order valence-electron chi connectivity index (χ4n) is 0.763. The van der Waals surface area contributed by atoms with Gasteiger partial charge in [0.2, 0.25) is 0 Å². The Morgan fingerprint density at radius 2 is 1.77 bits per heavy atom. The SMILES string of the molecule is CC(O)CCN(C)S(=O)(=O)N(C)C. The minimum atomic E-state index is -3.32. The molecule has 0 fully saturated rings. The van der Waals surface area contributed by atoms with Gasteiger partial charge >= 0.3 is 0 Å². The summed E-state index contributed by atoms with van der Waals surface area (Å²) in [6.07, 6.45) is -0.0244. The molecule has 0 bridgehead atoms. The van der Waals surface area contributed by atoms with Gasteiger partial charge in [-0.1, -0.05) is 0 Å². The topological polar surface area (TPSA) is 60.9 Å². The van der Waals surface area contributed by atoms with Crippen LogP contribution in [0.1, 0.15) is 13.3 Å². The molecule has 0 heterocycles. The molecule has 1 unspecified atom stereocenters. The molecule has 0 saturated carbocycles. The summed E-state index contributed by atoms with van der Waals surface area (Å²) in [5, 5.41) is 8.97. The van der Waals surface area contributed by atoms with Gasteiger partial charge < -0.3 is 5.11 Å². The molecule has 0 aromatic rings. The van der Waals surface area contributed by atoms with Gasteiger partial charge in [0, 0.05) is 27.7 Å². The Bertz CT molecular complexity index is 236. The van der Waals surface area contributed by atoms with Crippen LogP contribution in [0, 0.1) is 0 Å². The predicted molar refractivity (Wildman–Crippen MR) is 51.5 cm³/mol. The van der Waals surface area contributed by atoms with Gasteiger partial charge in [-0.25, -0.2) is 0 Å². The zero-order valence-corrected chi connectivity index (χ0v) is 9.37. The first-order valence-electron chi connectivity index (χ1n) is 4.10. The second-order valence-electron chi connectivity index (χ2n) is 3.25. The normalized spacial score (nSPS) is 15.3. The average Bonchev–Trinajstić information content (AvgIpc) is 1.99. The lowest BCUT2D eigenvalue weighted by Crippen LogP contribution is -2.38. The van der Waals surface area contributed by atoms with Gasteiger partial charge in [-0.15, -0.1) is 0 Å². The Morgan fingerprint density at radius 1 is 1.31 bits per heavy atom. The zero-order chi connectivity index (χ0) is 10.6. The second kappa shape index (κ2) is 4.90. The summed E-state index contributed by atoms with van der Waals surface area (Å²) in [5.41, 5.74) is 0. The van der Waals surface area contributed by atoms with Gasteiger partial charge in [0.25, 0.3) is 10.2 Å². The molecular weight excluding hydrogens is 192 g/mol. The molecule has 0 amide bonds. The molecule has 1 atom stereocenters. The molecule has 0 spiro atoms. The second-order valence-corrected chi connectivity index (χ2v) is 5.50. The van der Waals surface area contributed by atoms with E-state index < -0.39 is 16.3 Å². The zero-order valence-electron chi connectivity index (χ0n) is 8.56. The molecule has 0 aliphatic rings. The Kier molecular flexibility index (Phi) is 4.83. The van der Waals surface area contributed by atoms with Gasteiger partial charge in [-0.05, 0) is 13.3 Å². The molecule has 0 radical (unpaired) electrons. The largest absolute Gasteiger partial charge is 0.393 e. The smallest absolute Gasteiger partial charge is 0.281 e. The monoisotopic (exact) mass is 210 g/mol. The number of nitrogens with zero attached hydrogens (tertiary/aromatic N) is 2. The van der Waals surface area contributed by atoms with Crippen LogP contribution in [0.5, 0.6) is 0 Å². The van der Waals surface area contributed by atoms with Crippen molar-refractivity contribution in [2.45, 2.75) is 19.4 Å². The van der Waals surface area contributed by atoms with Crippen LogP contribution in [0.4, 0.5) is 0 Å². The molecule has 0 aromatic heterocycles. The maximum Gasteiger partial charge on any atom is 0.281 e. The summed E-state index contributed by atoms with van der Waals surface area (Å²) >= 11 is 0. The van der Waals surface area contributed by atoms with Crippen LogP contribution >= 0.6 is 0 Å². The van der Waals surface area contributed by atoms with Gasteiger partial charge in [0.1, 0.15) is 0 Å². The van der Waals surface area contributed by atoms with Crippen LogP contribution in [0.15, 0.2) is 0 Å². The van der Waals surface area contributed by atoms with Crippen molar-refractivity contribution in [3.8, 4) is 0 Å². The fraction of sp³-hybridized carbons (Fsp3) is 1.00. The molecule has 0 aliphatic carbocycles. The van der Waals surface area contributed by atoms with Crippen LogP contribution in [0.25, 0.3) is 0 Å². The highest BCUT2D eigenvalue weighted by Gasteiger charge is 2.19. The van der Waals surface area contributed by atoms with Gasteiger partial charge in [0.05, 0.1) is 6.10 Å². The number of rotatable bonds is 5. The summed E-state index contributed by atoms with van der Waals surface area (Å²) in [7, 11) is 1.14. The summed E-state index contributed by atoms with van der Waals surface area (Å²) in [6, 6.07) is 0. The van der Waals surface area contributed by atoms with E-state index in [0.29, 0.717) is 13.0 Å². The minimum absolute atomic E-state index is 0.332. The number of hydrogen-bond acceptors (Lipinski definition) is 3. The Hall–Kier alpha value is -0.170. The fourth-order valence-corrected chi connectivity index (χ4v) is 1.66. The van der Waals surface area contributed by atoms with Crippen molar-refractivity contribution in [2.24, 2.45) is 0 Å². The molecule has 80 valence electrons. The molecule has 0 aromatic carbocycles. The van der Waals surface area contributed by atoms with Crippen molar-refractivity contribution in [3.63, 3.8) is 0 Å². The summed E-state index contributed by atoms with van der Waals surface area (Å²) in [5.74, 6) is 0. The third kappa shape index (κ3) is 4.04. The third-order valence-corrected chi connectivity index (χ3v) is 3.61. The molecule has 5 nitrogen and oxygen atoms in total. The maximum absolute atomic E-state index is 11.4. The first-order valence-corrected chi connectivity index (χ1v) is 5.50. The molecule has 0 rings (SSSR count). The van der Waals surface area contributed by atoms with E-state index in [1.54, 1.807) is 6.92 Å². The van der Waals surface area contributed by atoms with E-state index in [9.17, 15) is 8.42 Å². The van der Waals surface area contributed by atoms with Crippen molar-refractivity contribution in [3.05, 3.63) is 0 Å². The Labute approximate surface area is 80.1 Å². The lowest BCUT2D eigenvalue weighted by molar-refractivity contribution is 0.176. The van der Waals surface area contributed by atoms with Gasteiger partial charge in [0.15, 0.2) is 0 Å². The van der Waals surface area contributed by atoms with Crippen LogP contribution in [-0.4, -0.2) is 55.9 Å². The van der Waals surface area contributed by atoms with E-state index >= 15 is 0 Å². The molecule has 13 heavy (non-hydrogen) atoms. The highest BCUT2D eigenvalue weighted by molar-refractivity contribution is 7.86. The number of hydrogen-bond donors (Lipinski definition) is 1. The molecule has 6 heteroatoms. The van der Waals surface area contributed by atoms with Crippen LogP contribution in [0.3, 0.4) is 0 Å². The number of aliphatic hydroxyl groups excluding tert-OH is 1. The van der Waals surface area contributed by atoms with E-state index in [4.69, 9.17) is 5.11 Å². The molecule has 0 aliphatic heterocycles. The van der Waals surface area contributed by atoms with E-state index in [1.165, 1.54) is 25.4 Å². The van der Waals surface area contributed by atoms with E-state index in [1.807, 2.05) is 0 Å². The van der Waals surface area contributed by atoms with Gasteiger partial charge in [-0.3, -0.25) is 0 Å². The third-order valence-electron chi connectivity index (χ3n) is 1.72. The lowest BCUT2D eigenvalue weighted by Gasteiger charge is -2.21. The standard InChI is InChI=1S/C7H18N2O3S/c1-7(10)5-6-9(4)13(11,12)8(2)3/h7,10H,5-6H2,1-4H3.